The number of hydrogen-bond acceptors (Lipinski definition) is 3. The third kappa shape index (κ3) is 3.68. The smallest absolute Gasteiger partial charge is 0.178 e. The Morgan fingerprint density at radius 2 is 2.11 bits per heavy atom. The van der Waals surface area contributed by atoms with Gasteiger partial charge in [0.2, 0.25) is 0 Å². The van der Waals surface area contributed by atoms with Crippen molar-refractivity contribution in [3.8, 4) is 0 Å². The molecule has 4 nitrogen and oxygen atoms in total. The van der Waals surface area contributed by atoms with Crippen LogP contribution >= 0.6 is 0 Å². The Bertz CT molecular complexity index is 393. The van der Waals surface area contributed by atoms with E-state index >= 15 is 0 Å². The molecule has 0 unspecified atom stereocenters. The van der Waals surface area contributed by atoms with Gasteiger partial charge in [-0.15, -0.1) is 0 Å². The summed E-state index contributed by atoms with van der Waals surface area (Å²) in [6.45, 7) is 5.01. The van der Waals surface area contributed by atoms with Crippen molar-refractivity contribution in [3.63, 3.8) is 0 Å². The van der Waals surface area contributed by atoms with Gasteiger partial charge in [0.25, 0.3) is 0 Å². The SMILES string of the molecule is CN(CCN1CCCC1)CC(=O)c1ccn(C)c1. The van der Waals surface area contributed by atoms with Crippen molar-refractivity contribution in [2.45, 2.75) is 12.8 Å². The van der Waals surface area contributed by atoms with Crippen LogP contribution in [0.25, 0.3) is 0 Å². The second kappa shape index (κ2) is 6.16. The highest BCUT2D eigenvalue weighted by Crippen LogP contribution is 2.07. The minimum absolute atomic E-state index is 0.208. The Balaban J connectivity index is 1.73. The molecule has 0 radical (unpaired) electrons. The highest BCUT2D eigenvalue weighted by Gasteiger charge is 2.14. The van der Waals surface area contributed by atoms with Crippen molar-refractivity contribution in [3.05, 3.63) is 24.0 Å². The molecule has 0 aliphatic carbocycles. The minimum atomic E-state index is 0.208. The number of hydrogen-bond donors (Lipinski definition) is 0. The highest BCUT2D eigenvalue weighted by molar-refractivity contribution is 5.97. The Morgan fingerprint density at radius 3 is 2.72 bits per heavy atom. The Labute approximate surface area is 109 Å². The first-order valence-electron chi connectivity index (χ1n) is 6.71. The summed E-state index contributed by atoms with van der Waals surface area (Å²) in [6.07, 6.45) is 6.45. The fourth-order valence-electron chi connectivity index (χ4n) is 2.40. The third-order valence-electron chi connectivity index (χ3n) is 3.56. The quantitative estimate of drug-likeness (QED) is 0.710. The molecule has 100 valence electrons. The van der Waals surface area contributed by atoms with Crippen LogP contribution in [-0.2, 0) is 7.05 Å². The number of carbonyl (C=O) groups excluding carboxylic acids is 1. The zero-order valence-electron chi connectivity index (χ0n) is 11.4. The second-order valence-corrected chi connectivity index (χ2v) is 5.28. The lowest BCUT2D eigenvalue weighted by Crippen LogP contribution is -2.34. The van der Waals surface area contributed by atoms with Gasteiger partial charge in [-0.3, -0.25) is 9.69 Å². The lowest BCUT2D eigenvalue weighted by Gasteiger charge is -2.20. The number of aryl methyl sites for hydroxylation is 1. The van der Waals surface area contributed by atoms with E-state index in [2.05, 4.69) is 9.80 Å². The molecule has 0 spiro atoms. The lowest BCUT2D eigenvalue weighted by atomic mass is 10.2. The fraction of sp³-hybridized carbons (Fsp3) is 0.643. The van der Waals surface area contributed by atoms with E-state index in [0.717, 1.165) is 18.7 Å². The second-order valence-electron chi connectivity index (χ2n) is 5.28. The lowest BCUT2D eigenvalue weighted by molar-refractivity contribution is 0.0941. The number of rotatable bonds is 6. The maximum absolute atomic E-state index is 12.0. The fourth-order valence-corrected chi connectivity index (χ4v) is 2.40. The van der Waals surface area contributed by atoms with Gasteiger partial charge in [-0.25, -0.2) is 0 Å². The van der Waals surface area contributed by atoms with Crippen LogP contribution in [0.2, 0.25) is 0 Å². The third-order valence-corrected chi connectivity index (χ3v) is 3.56. The number of Topliss-reactive ketones (excluding diaryl/α,β-unsaturated/α-hetero) is 1. The molecular formula is C14H23N3O. The predicted octanol–water partition coefficient (Wildman–Crippen LogP) is 1.24. The topological polar surface area (TPSA) is 28.5 Å². The average molecular weight is 249 g/mol. The summed E-state index contributed by atoms with van der Waals surface area (Å²) in [5.74, 6) is 0.208. The zero-order chi connectivity index (χ0) is 13.0. The van der Waals surface area contributed by atoms with Crippen LogP contribution in [-0.4, -0.2) is 59.9 Å². The van der Waals surface area contributed by atoms with E-state index in [9.17, 15) is 4.79 Å². The van der Waals surface area contributed by atoms with E-state index in [4.69, 9.17) is 0 Å². The summed E-state index contributed by atoms with van der Waals surface area (Å²) in [5.41, 5.74) is 0.811. The van der Waals surface area contributed by atoms with E-state index in [1.807, 2.05) is 37.1 Å². The van der Waals surface area contributed by atoms with Gasteiger partial charge in [0.1, 0.15) is 0 Å². The van der Waals surface area contributed by atoms with Crippen LogP contribution in [0.3, 0.4) is 0 Å². The zero-order valence-corrected chi connectivity index (χ0v) is 11.4. The summed E-state index contributed by atoms with van der Waals surface area (Å²) >= 11 is 0. The van der Waals surface area contributed by atoms with Crippen molar-refractivity contribution in [1.82, 2.24) is 14.4 Å². The number of nitrogens with zero attached hydrogens (tertiary/aromatic N) is 3. The number of ketones is 1. The van der Waals surface area contributed by atoms with E-state index in [-0.39, 0.29) is 5.78 Å². The maximum atomic E-state index is 12.0. The molecule has 0 amide bonds. The van der Waals surface area contributed by atoms with Gasteiger partial charge in [-0.05, 0) is 39.0 Å². The number of likely N-dealkylation sites (N-methyl/N-ethyl adjacent to an activating group) is 1. The molecule has 0 N–H and O–H groups in total. The van der Waals surface area contributed by atoms with Crippen LogP contribution in [0.4, 0.5) is 0 Å². The summed E-state index contributed by atoms with van der Waals surface area (Å²) in [5, 5.41) is 0. The van der Waals surface area contributed by atoms with Crippen molar-refractivity contribution in [2.75, 3.05) is 39.8 Å². The average Bonchev–Trinajstić information content (AvgIpc) is 2.97. The highest BCUT2D eigenvalue weighted by atomic mass is 16.1. The molecule has 18 heavy (non-hydrogen) atoms. The molecule has 2 rings (SSSR count). The van der Waals surface area contributed by atoms with Crippen LogP contribution in [0, 0.1) is 0 Å². The van der Waals surface area contributed by atoms with Gasteiger partial charge in [-0.1, -0.05) is 0 Å². The Morgan fingerprint density at radius 1 is 1.39 bits per heavy atom. The molecule has 1 aliphatic rings. The summed E-state index contributed by atoms with van der Waals surface area (Å²) in [4.78, 5) is 16.6. The van der Waals surface area contributed by atoms with Crippen molar-refractivity contribution in [2.24, 2.45) is 7.05 Å². The first-order valence-corrected chi connectivity index (χ1v) is 6.71. The van der Waals surface area contributed by atoms with Crippen LogP contribution in [0.5, 0.6) is 0 Å². The number of likely N-dealkylation sites (tertiary alicyclic amines) is 1. The van der Waals surface area contributed by atoms with Gasteiger partial charge in [0, 0.05) is 38.1 Å². The molecule has 1 fully saturated rings. The predicted molar refractivity (Wildman–Crippen MR) is 72.9 cm³/mol. The summed E-state index contributed by atoms with van der Waals surface area (Å²) in [6, 6.07) is 1.89. The molecule has 0 atom stereocenters. The van der Waals surface area contributed by atoms with Crippen LogP contribution in [0.15, 0.2) is 18.5 Å². The summed E-state index contributed by atoms with van der Waals surface area (Å²) < 4.78 is 1.91. The summed E-state index contributed by atoms with van der Waals surface area (Å²) in [7, 11) is 3.96. The Hall–Kier alpha value is -1.13. The minimum Gasteiger partial charge on any atom is -0.357 e. The van der Waals surface area contributed by atoms with Crippen molar-refractivity contribution in [1.29, 1.82) is 0 Å². The molecule has 0 saturated carbocycles. The van der Waals surface area contributed by atoms with E-state index in [1.165, 1.54) is 25.9 Å². The largest absolute Gasteiger partial charge is 0.357 e. The number of aromatic nitrogens is 1. The maximum Gasteiger partial charge on any atom is 0.178 e. The van der Waals surface area contributed by atoms with Crippen LogP contribution in [0.1, 0.15) is 23.2 Å². The molecule has 1 aromatic heterocycles. The van der Waals surface area contributed by atoms with Gasteiger partial charge < -0.3 is 9.47 Å². The monoisotopic (exact) mass is 249 g/mol. The van der Waals surface area contributed by atoms with Gasteiger partial charge >= 0.3 is 0 Å². The van der Waals surface area contributed by atoms with Gasteiger partial charge in [0.15, 0.2) is 5.78 Å². The normalized spacial score (nSPS) is 16.6. The van der Waals surface area contributed by atoms with Crippen molar-refractivity contribution >= 4 is 5.78 Å². The molecule has 4 heteroatoms. The van der Waals surface area contributed by atoms with E-state index in [0.29, 0.717) is 6.54 Å². The van der Waals surface area contributed by atoms with Crippen LogP contribution < -0.4 is 0 Å². The molecular weight excluding hydrogens is 226 g/mol. The van der Waals surface area contributed by atoms with Gasteiger partial charge in [-0.2, -0.15) is 0 Å². The Kier molecular flexibility index (Phi) is 4.55. The van der Waals surface area contributed by atoms with Crippen molar-refractivity contribution < 1.29 is 4.79 Å². The molecule has 2 heterocycles. The molecule has 1 aromatic rings. The number of carbonyl (C=O) groups is 1. The molecule has 1 saturated heterocycles. The van der Waals surface area contributed by atoms with E-state index in [1.54, 1.807) is 0 Å². The first kappa shape index (κ1) is 13.3. The van der Waals surface area contributed by atoms with E-state index < -0.39 is 0 Å². The first-order chi connectivity index (χ1) is 8.65. The van der Waals surface area contributed by atoms with Gasteiger partial charge in [0.05, 0.1) is 6.54 Å². The molecule has 1 aliphatic heterocycles. The molecule has 0 aromatic carbocycles. The molecule has 0 bridgehead atoms. The standard InChI is InChI=1S/C14H23N3O/c1-15-8-5-13(11-15)14(18)12-16(2)9-10-17-6-3-4-7-17/h5,8,11H,3-4,6-7,9-10,12H2,1-2H3.